The van der Waals surface area contributed by atoms with Gasteiger partial charge in [-0.3, -0.25) is 19.3 Å². The number of ether oxygens (including phenoxy) is 1. The van der Waals surface area contributed by atoms with E-state index < -0.39 is 42.5 Å². The third-order valence-corrected chi connectivity index (χ3v) is 4.38. The van der Waals surface area contributed by atoms with Crippen LogP contribution in [-0.4, -0.2) is 48.4 Å². The van der Waals surface area contributed by atoms with Crippen molar-refractivity contribution in [3.05, 3.63) is 35.9 Å². The number of nitrogens with zero attached hydrogens (tertiary/aromatic N) is 1. The van der Waals surface area contributed by atoms with E-state index in [2.05, 4.69) is 17.6 Å². The van der Waals surface area contributed by atoms with Crippen LogP contribution in [0.15, 0.2) is 30.3 Å². The van der Waals surface area contributed by atoms with Gasteiger partial charge in [0.2, 0.25) is 0 Å². The lowest BCUT2D eigenvalue weighted by Crippen LogP contribution is -2.42. The first kappa shape index (κ1) is 20.4. The van der Waals surface area contributed by atoms with E-state index in [1.54, 1.807) is 37.3 Å². The van der Waals surface area contributed by atoms with E-state index in [1.165, 1.54) is 0 Å². The normalized spacial score (nSPS) is 19.0. The topological polar surface area (TPSA) is 105 Å². The molecule has 1 heterocycles. The minimum Gasteiger partial charge on any atom is -0.454 e. The monoisotopic (exact) mass is 375 g/mol. The van der Waals surface area contributed by atoms with Gasteiger partial charge in [0, 0.05) is 6.54 Å². The number of unbranched alkanes of at least 4 members (excludes halogenated alkanes) is 2. The summed E-state index contributed by atoms with van der Waals surface area (Å²) in [7, 11) is 0. The van der Waals surface area contributed by atoms with Crippen molar-refractivity contribution in [2.45, 2.75) is 38.6 Å². The van der Waals surface area contributed by atoms with Gasteiger partial charge in [0.1, 0.15) is 12.1 Å². The zero-order valence-electron chi connectivity index (χ0n) is 15.6. The molecule has 1 saturated heterocycles. The molecule has 0 unspecified atom stereocenters. The highest BCUT2D eigenvalue weighted by Gasteiger charge is 2.49. The average molecular weight is 375 g/mol. The van der Waals surface area contributed by atoms with Gasteiger partial charge in [-0.05, 0) is 18.9 Å². The lowest BCUT2D eigenvalue weighted by atomic mass is 9.92. The third-order valence-electron chi connectivity index (χ3n) is 4.38. The number of amides is 4. The number of carbonyl (C=O) groups is 4. The molecule has 8 heteroatoms. The molecule has 0 spiro atoms. The van der Waals surface area contributed by atoms with Crippen molar-refractivity contribution in [3.8, 4) is 0 Å². The molecule has 0 saturated carbocycles. The third kappa shape index (κ3) is 5.06. The minimum atomic E-state index is -1.24. The summed E-state index contributed by atoms with van der Waals surface area (Å²) in [6, 6.07) is 8.10. The van der Waals surface area contributed by atoms with Crippen LogP contribution in [-0.2, 0) is 24.7 Å². The summed E-state index contributed by atoms with van der Waals surface area (Å²) in [6.45, 7) is 3.17. The molecular formula is C19H25N3O5. The van der Waals surface area contributed by atoms with Gasteiger partial charge in [-0.25, -0.2) is 4.79 Å². The largest absolute Gasteiger partial charge is 0.454 e. The Kier molecular flexibility index (Phi) is 6.92. The first-order valence-corrected chi connectivity index (χ1v) is 9.00. The molecule has 0 aromatic heterocycles. The van der Waals surface area contributed by atoms with E-state index in [0.29, 0.717) is 12.1 Å². The number of esters is 1. The highest BCUT2D eigenvalue weighted by atomic mass is 16.5. The zero-order valence-corrected chi connectivity index (χ0v) is 15.6. The van der Waals surface area contributed by atoms with Gasteiger partial charge >= 0.3 is 12.0 Å². The lowest BCUT2D eigenvalue weighted by molar-refractivity contribution is -0.151. The van der Waals surface area contributed by atoms with Crippen molar-refractivity contribution in [2.24, 2.45) is 0 Å². The Morgan fingerprint density at radius 3 is 2.56 bits per heavy atom. The number of imide groups is 1. The van der Waals surface area contributed by atoms with Gasteiger partial charge in [-0.1, -0.05) is 50.1 Å². The van der Waals surface area contributed by atoms with Crippen LogP contribution in [0.4, 0.5) is 4.79 Å². The van der Waals surface area contributed by atoms with Gasteiger partial charge < -0.3 is 15.4 Å². The van der Waals surface area contributed by atoms with Gasteiger partial charge in [-0.2, -0.15) is 0 Å². The molecule has 0 bridgehead atoms. The van der Waals surface area contributed by atoms with Crippen LogP contribution in [0.1, 0.15) is 38.7 Å². The molecular weight excluding hydrogens is 350 g/mol. The highest BCUT2D eigenvalue weighted by molar-refractivity contribution is 6.08. The summed E-state index contributed by atoms with van der Waals surface area (Å²) in [5, 5.41) is 5.25. The van der Waals surface area contributed by atoms with Crippen LogP contribution in [0.2, 0.25) is 0 Å². The fourth-order valence-electron chi connectivity index (χ4n) is 2.78. The number of rotatable bonds is 9. The highest BCUT2D eigenvalue weighted by Crippen LogP contribution is 2.28. The minimum absolute atomic E-state index is 0.411. The van der Waals surface area contributed by atoms with Crippen molar-refractivity contribution < 1.29 is 23.9 Å². The van der Waals surface area contributed by atoms with Crippen LogP contribution >= 0.6 is 0 Å². The van der Waals surface area contributed by atoms with E-state index in [1.807, 2.05) is 0 Å². The molecule has 2 rings (SSSR count). The number of nitrogens with one attached hydrogen (secondary N) is 2. The Morgan fingerprint density at radius 2 is 1.89 bits per heavy atom. The second kappa shape index (κ2) is 9.16. The number of benzene rings is 1. The number of hydrogen-bond acceptors (Lipinski definition) is 5. The van der Waals surface area contributed by atoms with Crippen molar-refractivity contribution in [1.29, 1.82) is 0 Å². The Morgan fingerprint density at radius 1 is 1.19 bits per heavy atom. The lowest BCUT2D eigenvalue weighted by Gasteiger charge is -2.21. The fraction of sp³-hybridized carbons (Fsp3) is 0.474. The average Bonchev–Trinajstić information content (AvgIpc) is 2.88. The summed E-state index contributed by atoms with van der Waals surface area (Å²) in [5.41, 5.74) is -0.624. The van der Waals surface area contributed by atoms with Crippen LogP contribution in [0.5, 0.6) is 0 Å². The maximum atomic E-state index is 12.7. The van der Waals surface area contributed by atoms with E-state index >= 15 is 0 Å². The van der Waals surface area contributed by atoms with E-state index in [9.17, 15) is 19.2 Å². The molecule has 1 aliphatic rings. The van der Waals surface area contributed by atoms with Gasteiger partial charge in [0.15, 0.2) is 6.61 Å². The number of hydrogen-bond donors (Lipinski definition) is 2. The summed E-state index contributed by atoms with van der Waals surface area (Å²) in [6.07, 6.45) is 2.90. The molecule has 1 aromatic carbocycles. The van der Waals surface area contributed by atoms with E-state index in [4.69, 9.17) is 4.74 Å². The summed E-state index contributed by atoms with van der Waals surface area (Å²) >= 11 is 0. The Bertz CT molecular complexity index is 707. The Labute approximate surface area is 158 Å². The molecule has 2 N–H and O–H groups in total. The number of carbonyl (C=O) groups excluding carboxylic acids is 4. The predicted molar refractivity (Wildman–Crippen MR) is 97.5 cm³/mol. The van der Waals surface area contributed by atoms with Gasteiger partial charge in [0.05, 0.1) is 0 Å². The van der Waals surface area contributed by atoms with Crippen molar-refractivity contribution in [2.75, 3.05) is 19.7 Å². The smallest absolute Gasteiger partial charge is 0.326 e. The molecule has 4 amide bonds. The maximum absolute atomic E-state index is 12.7. The fourth-order valence-corrected chi connectivity index (χ4v) is 2.78. The van der Waals surface area contributed by atoms with Gasteiger partial charge in [0.25, 0.3) is 11.8 Å². The SMILES string of the molecule is CCCCCNC(=O)COC(=O)CN1C(=O)N[C@](C)(c2ccccc2)C1=O. The molecule has 1 aliphatic heterocycles. The van der Waals surface area contributed by atoms with Crippen LogP contribution in [0.3, 0.4) is 0 Å². The summed E-state index contributed by atoms with van der Waals surface area (Å²) < 4.78 is 4.87. The second-order valence-electron chi connectivity index (χ2n) is 6.53. The van der Waals surface area contributed by atoms with Crippen molar-refractivity contribution in [1.82, 2.24) is 15.5 Å². The Balaban J connectivity index is 1.86. The van der Waals surface area contributed by atoms with Gasteiger partial charge in [-0.15, -0.1) is 0 Å². The summed E-state index contributed by atoms with van der Waals surface area (Å²) in [5.74, 6) is -1.77. The van der Waals surface area contributed by atoms with Crippen molar-refractivity contribution in [3.63, 3.8) is 0 Å². The first-order valence-electron chi connectivity index (χ1n) is 9.00. The van der Waals surface area contributed by atoms with E-state index in [0.717, 1.165) is 24.2 Å². The quantitative estimate of drug-likeness (QED) is 0.385. The van der Waals surface area contributed by atoms with Crippen LogP contribution in [0, 0.1) is 0 Å². The zero-order chi connectivity index (χ0) is 19.9. The summed E-state index contributed by atoms with van der Waals surface area (Å²) in [4.78, 5) is 49.2. The Hall–Kier alpha value is -2.90. The number of urea groups is 1. The standard InChI is InChI=1S/C19H25N3O5/c1-3-4-8-11-20-15(23)13-27-16(24)12-22-17(25)19(2,21-18(22)26)14-9-6-5-7-10-14/h5-7,9-10H,3-4,8,11-13H2,1-2H3,(H,20,23)(H,21,26)/t19-/m1/s1. The molecule has 1 aromatic rings. The van der Waals surface area contributed by atoms with E-state index in [-0.39, 0.29) is 0 Å². The second-order valence-corrected chi connectivity index (χ2v) is 6.53. The molecule has 1 fully saturated rings. The molecule has 146 valence electrons. The molecule has 0 aliphatic carbocycles. The first-order chi connectivity index (χ1) is 12.9. The van der Waals surface area contributed by atoms with Crippen LogP contribution < -0.4 is 10.6 Å². The van der Waals surface area contributed by atoms with Crippen molar-refractivity contribution >= 4 is 23.8 Å². The predicted octanol–water partition coefficient (Wildman–Crippen LogP) is 1.30. The maximum Gasteiger partial charge on any atom is 0.326 e. The molecule has 8 nitrogen and oxygen atoms in total. The molecule has 0 radical (unpaired) electrons. The molecule has 1 atom stereocenters. The molecule has 27 heavy (non-hydrogen) atoms. The van der Waals surface area contributed by atoms with Crippen LogP contribution in [0.25, 0.3) is 0 Å².